The van der Waals surface area contributed by atoms with Gasteiger partial charge in [-0.2, -0.15) is 13.2 Å². The number of hydrogen-bond acceptors (Lipinski definition) is 5. The lowest BCUT2D eigenvalue weighted by molar-refractivity contribution is -0.137. The quantitative estimate of drug-likeness (QED) is 0.457. The van der Waals surface area contributed by atoms with Gasteiger partial charge in [0.25, 0.3) is 12.3 Å². The van der Waals surface area contributed by atoms with Crippen LogP contribution in [0.2, 0.25) is 0 Å². The second kappa shape index (κ2) is 10.3. The topological polar surface area (TPSA) is 126 Å². The molecule has 1 fully saturated rings. The molecule has 0 saturated carbocycles. The average molecular weight is 453 g/mol. The SMILES string of the molecule is NC[C@H](NC(=O)NCC(F)F)C(=O)Nc1ccc(N2CCOCC2=O)cc1C(F)(F)F. The van der Waals surface area contributed by atoms with Crippen LogP contribution in [0.3, 0.4) is 0 Å². The number of morpholine rings is 1. The van der Waals surface area contributed by atoms with Gasteiger partial charge in [0.05, 0.1) is 24.4 Å². The Hall–Kier alpha value is -3.00. The second-order valence-corrected chi connectivity index (χ2v) is 6.35. The molecule has 1 heterocycles. The number of hydrogen-bond donors (Lipinski definition) is 4. The van der Waals surface area contributed by atoms with E-state index < -0.39 is 60.8 Å². The van der Waals surface area contributed by atoms with Crippen molar-refractivity contribution in [1.29, 1.82) is 0 Å². The van der Waals surface area contributed by atoms with E-state index in [0.717, 1.165) is 11.0 Å². The summed E-state index contributed by atoms with van der Waals surface area (Å²) in [4.78, 5) is 36.9. The molecule has 0 radical (unpaired) electrons. The highest BCUT2D eigenvalue weighted by molar-refractivity contribution is 5.99. The summed E-state index contributed by atoms with van der Waals surface area (Å²) in [5, 5.41) is 5.81. The predicted molar refractivity (Wildman–Crippen MR) is 98.6 cm³/mol. The average Bonchev–Trinajstić information content (AvgIpc) is 2.70. The summed E-state index contributed by atoms with van der Waals surface area (Å²) in [6, 6.07) is 0.263. The van der Waals surface area contributed by atoms with E-state index in [1.165, 1.54) is 6.07 Å². The smallest absolute Gasteiger partial charge is 0.370 e. The summed E-state index contributed by atoms with van der Waals surface area (Å²) >= 11 is 0. The Labute approximate surface area is 173 Å². The largest absolute Gasteiger partial charge is 0.418 e. The van der Waals surface area contributed by atoms with Gasteiger partial charge in [-0.25, -0.2) is 13.6 Å². The van der Waals surface area contributed by atoms with Crippen LogP contribution in [-0.4, -0.2) is 63.2 Å². The first kappa shape index (κ1) is 24.3. The number of nitrogens with two attached hydrogens (primary N) is 1. The van der Waals surface area contributed by atoms with Crippen LogP contribution in [0.4, 0.5) is 38.1 Å². The molecule has 172 valence electrons. The molecule has 14 heteroatoms. The zero-order valence-corrected chi connectivity index (χ0v) is 16.0. The number of ether oxygens (including phenoxy) is 1. The first-order valence-corrected chi connectivity index (χ1v) is 8.95. The van der Waals surface area contributed by atoms with Crippen molar-refractivity contribution in [2.24, 2.45) is 5.73 Å². The van der Waals surface area contributed by atoms with Crippen molar-refractivity contribution in [2.75, 3.05) is 43.1 Å². The fourth-order valence-electron chi connectivity index (χ4n) is 2.67. The fraction of sp³-hybridized carbons (Fsp3) is 0.471. The minimum atomic E-state index is -4.88. The van der Waals surface area contributed by atoms with Gasteiger partial charge in [0.15, 0.2) is 0 Å². The van der Waals surface area contributed by atoms with Gasteiger partial charge < -0.3 is 31.3 Å². The molecule has 31 heavy (non-hydrogen) atoms. The van der Waals surface area contributed by atoms with E-state index in [2.05, 4.69) is 0 Å². The van der Waals surface area contributed by atoms with Crippen molar-refractivity contribution in [1.82, 2.24) is 10.6 Å². The third kappa shape index (κ3) is 6.75. The number of benzene rings is 1. The number of carbonyl (C=O) groups excluding carboxylic acids is 3. The minimum absolute atomic E-state index is 0.0292. The number of amides is 4. The zero-order chi connectivity index (χ0) is 23.2. The van der Waals surface area contributed by atoms with Crippen LogP contribution in [0.1, 0.15) is 5.56 Å². The maximum atomic E-state index is 13.6. The molecule has 1 aromatic rings. The number of alkyl halides is 5. The van der Waals surface area contributed by atoms with Gasteiger partial charge in [0.1, 0.15) is 12.6 Å². The summed E-state index contributed by atoms with van der Waals surface area (Å²) in [5.41, 5.74) is 3.48. The van der Waals surface area contributed by atoms with Gasteiger partial charge in [0.2, 0.25) is 5.91 Å². The van der Waals surface area contributed by atoms with Crippen molar-refractivity contribution in [3.05, 3.63) is 23.8 Å². The Kier molecular flexibility index (Phi) is 8.10. The van der Waals surface area contributed by atoms with Crippen LogP contribution in [0.15, 0.2) is 18.2 Å². The summed E-state index contributed by atoms with van der Waals surface area (Å²) in [6.45, 7) is -1.53. The maximum absolute atomic E-state index is 13.6. The third-order valence-corrected chi connectivity index (χ3v) is 4.14. The lowest BCUT2D eigenvalue weighted by atomic mass is 10.1. The third-order valence-electron chi connectivity index (χ3n) is 4.14. The molecule has 0 aliphatic carbocycles. The highest BCUT2D eigenvalue weighted by Gasteiger charge is 2.36. The van der Waals surface area contributed by atoms with E-state index in [1.807, 2.05) is 10.6 Å². The van der Waals surface area contributed by atoms with E-state index >= 15 is 0 Å². The minimum Gasteiger partial charge on any atom is -0.370 e. The lowest BCUT2D eigenvalue weighted by Gasteiger charge is -2.28. The summed E-state index contributed by atoms with van der Waals surface area (Å²) in [7, 11) is 0. The van der Waals surface area contributed by atoms with Gasteiger partial charge in [-0.1, -0.05) is 0 Å². The van der Waals surface area contributed by atoms with Crippen LogP contribution < -0.4 is 26.6 Å². The number of nitrogens with zero attached hydrogens (tertiary/aromatic N) is 1. The summed E-state index contributed by atoms with van der Waals surface area (Å²) in [5.74, 6) is -1.60. The molecular formula is C17H20F5N5O4. The van der Waals surface area contributed by atoms with Crippen molar-refractivity contribution in [3.8, 4) is 0 Å². The predicted octanol–water partition coefficient (Wildman–Crippen LogP) is 0.899. The first-order valence-electron chi connectivity index (χ1n) is 8.95. The van der Waals surface area contributed by atoms with E-state index in [9.17, 15) is 36.3 Å². The molecule has 0 aromatic heterocycles. The van der Waals surface area contributed by atoms with Crippen molar-refractivity contribution in [3.63, 3.8) is 0 Å². The van der Waals surface area contributed by atoms with Gasteiger partial charge in [-0.15, -0.1) is 0 Å². The molecule has 5 N–H and O–H groups in total. The zero-order valence-electron chi connectivity index (χ0n) is 16.0. The monoisotopic (exact) mass is 453 g/mol. The fourth-order valence-corrected chi connectivity index (χ4v) is 2.67. The Bertz CT molecular complexity index is 821. The normalized spacial score (nSPS) is 15.6. The lowest BCUT2D eigenvalue weighted by Crippen LogP contribution is -2.52. The van der Waals surface area contributed by atoms with Crippen molar-refractivity contribution >= 4 is 29.2 Å². The molecule has 1 atom stereocenters. The Morgan fingerprint density at radius 2 is 1.97 bits per heavy atom. The van der Waals surface area contributed by atoms with Gasteiger partial charge in [-0.3, -0.25) is 9.59 Å². The Morgan fingerprint density at radius 1 is 1.26 bits per heavy atom. The highest BCUT2D eigenvalue weighted by Crippen LogP contribution is 2.37. The molecule has 0 unspecified atom stereocenters. The number of carbonyl (C=O) groups is 3. The van der Waals surface area contributed by atoms with E-state index in [4.69, 9.17) is 10.5 Å². The van der Waals surface area contributed by atoms with Gasteiger partial charge >= 0.3 is 12.2 Å². The summed E-state index contributed by atoms with van der Waals surface area (Å²) in [6.07, 6.45) is -7.71. The molecule has 2 rings (SSSR count). The molecule has 1 aliphatic rings. The van der Waals surface area contributed by atoms with Crippen LogP contribution in [0, 0.1) is 0 Å². The van der Waals surface area contributed by atoms with Crippen LogP contribution in [0.5, 0.6) is 0 Å². The summed E-state index contributed by atoms with van der Waals surface area (Å²) < 4.78 is 69.9. The van der Waals surface area contributed by atoms with Crippen molar-refractivity contribution in [2.45, 2.75) is 18.6 Å². The number of halogens is 5. The van der Waals surface area contributed by atoms with E-state index in [1.54, 1.807) is 5.32 Å². The van der Waals surface area contributed by atoms with Crippen LogP contribution in [-0.2, 0) is 20.5 Å². The molecule has 1 aromatic carbocycles. The number of anilines is 2. The first-order chi connectivity index (χ1) is 14.5. The molecule has 9 nitrogen and oxygen atoms in total. The Balaban J connectivity index is 2.19. The number of nitrogens with one attached hydrogen (secondary N) is 3. The molecule has 0 spiro atoms. The maximum Gasteiger partial charge on any atom is 0.418 e. The number of urea groups is 1. The Morgan fingerprint density at radius 3 is 2.55 bits per heavy atom. The van der Waals surface area contributed by atoms with Crippen LogP contribution in [0.25, 0.3) is 0 Å². The van der Waals surface area contributed by atoms with E-state index in [-0.39, 0.29) is 25.4 Å². The molecule has 0 bridgehead atoms. The molecule has 1 saturated heterocycles. The highest BCUT2D eigenvalue weighted by atomic mass is 19.4. The standard InChI is InChI=1S/C17H20F5N5O4/c18-13(19)7-24-16(30)26-12(6-23)15(29)25-11-2-1-9(5-10(11)17(20,21)22)27-3-4-31-8-14(27)28/h1-2,5,12-13H,3-4,6-8,23H2,(H,25,29)(H2,24,26,30)/t12-/m0/s1. The van der Waals surface area contributed by atoms with Crippen molar-refractivity contribution < 1.29 is 41.1 Å². The molecule has 1 aliphatic heterocycles. The molecule has 4 amide bonds. The van der Waals surface area contributed by atoms with E-state index in [0.29, 0.717) is 6.07 Å². The van der Waals surface area contributed by atoms with Gasteiger partial charge in [-0.05, 0) is 18.2 Å². The number of rotatable bonds is 7. The van der Waals surface area contributed by atoms with Crippen LogP contribution >= 0.6 is 0 Å². The second-order valence-electron chi connectivity index (χ2n) is 6.35. The molecular weight excluding hydrogens is 433 g/mol. The van der Waals surface area contributed by atoms with Gasteiger partial charge in [0, 0.05) is 18.8 Å².